The number of hydrogen-bond acceptors (Lipinski definition) is 5. The molecule has 0 aromatic carbocycles. The molecule has 5 unspecified atom stereocenters. The van der Waals surface area contributed by atoms with E-state index in [4.69, 9.17) is 9.47 Å². The monoisotopic (exact) mass is 558 g/mol. The van der Waals surface area contributed by atoms with Crippen LogP contribution in [-0.4, -0.2) is 49.2 Å². The van der Waals surface area contributed by atoms with Crippen molar-refractivity contribution < 1.29 is 24.2 Å². The van der Waals surface area contributed by atoms with Crippen LogP contribution in [0.1, 0.15) is 106 Å². The molecule has 0 spiro atoms. The summed E-state index contributed by atoms with van der Waals surface area (Å²) in [7, 11) is 3.26. The van der Waals surface area contributed by atoms with Crippen molar-refractivity contribution in [1.82, 2.24) is 0 Å². The van der Waals surface area contributed by atoms with Crippen molar-refractivity contribution in [3.63, 3.8) is 0 Å². The Morgan fingerprint density at radius 1 is 1.05 bits per heavy atom. The van der Waals surface area contributed by atoms with E-state index in [1.54, 1.807) is 20.1 Å². The first kappa shape index (κ1) is 36.2. The minimum absolute atomic E-state index is 0.112. The summed E-state index contributed by atoms with van der Waals surface area (Å²) in [6, 6.07) is 0. The summed E-state index contributed by atoms with van der Waals surface area (Å²) in [5.74, 6) is 1.21. The first-order valence-corrected chi connectivity index (χ1v) is 15.5. The zero-order valence-electron chi connectivity index (χ0n) is 26.7. The van der Waals surface area contributed by atoms with E-state index >= 15 is 0 Å². The summed E-state index contributed by atoms with van der Waals surface area (Å²) in [5.41, 5.74) is 1.94. The van der Waals surface area contributed by atoms with Crippen LogP contribution in [0.2, 0.25) is 0 Å². The molecule has 228 valence electrons. The Balaban J connectivity index is 2.53. The summed E-state index contributed by atoms with van der Waals surface area (Å²) in [5, 5.41) is 10.9. The molecule has 1 aliphatic carbocycles. The van der Waals surface area contributed by atoms with E-state index in [-0.39, 0.29) is 29.8 Å². The lowest BCUT2D eigenvalue weighted by Crippen LogP contribution is -2.40. The Kier molecular flexibility index (Phi) is 18.2. The largest absolute Gasteiger partial charge is 0.386 e. The highest BCUT2D eigenvalue weighted by molar-refractivity contribution is 5.86. The van der Waals surface area contributed by atoms with Gasteiger partial charge in [-0.3, -0.25) is 9.59 Å². The number of allylic oxidation sites excluding steroid dienone is 7. The van der Waals surface area contributed by atoms with Gasteiger partial charge in [0.25, 0.3) is 0 Å². The van der Waals surface area contributed by atoms with E-state index in [1.165, 1.54) is 25.5 Å². The molecule has 0 saturated heterocycles. The van der Waals surface area contributed by atoms with Crippen LogP contribution in [0, 0.1) is 23.7 Å². The van der Waals surface area contributed by atoms with Crippen LogP contribution in [0.4, 0.5) is 0 Å². The van der Waals surface area contributed by atoms with Crippen LogP contribution in [-0.2, 0) is 19.1 Å². The molecule has 0 radical (unpaired) electrons. The van der Waals surface area contributed by atoms with Gasteiger partial charge < -0.3 is 14.6 Å². The summed E-state index contributed by atoms with van der Waals surface area (Å²) < 4.78 is 11.0. The summed E-state index contributed by atoms with van der Waals surface area (Å²) in [6.07, 6.45) is 19.8. The third-order valence-corrected chi connectivity index (χ3v) is 8.47. The van der Waals surface area contributed by atoms with Gasteiger partial charge >= 0.3 is 0 Å². The second kappa shape index (κ2) is 20.1. The molecule has 7 atom stereocenters. The lowest BCUT2D eigenvalue weighted by molar-refractivity contribution is -0.138. The standard InChI is InChI=1S/C35H58O5/c1-9-25(2)14-11-10-12-15-26(3)22-29(6)34(38)35(40-8)33(37)28(5)19-21-31(36)20-18-27(4)23-30-16-13-17-32(24-30)39-7/h10-12,14-15,19,26-27,29-30,32-33,35,37H,9,13,16-18,20-24H2,1-8H3/b11-10+,15-12+,25-14+,28-19+/t26-,27?,29?,30?,32?,33?,35-/m1/s1. The maximum absolute atomic E-state index is 13.1. The Bertz CT molecular complexity index is 867. The highest BCUT2D eigenvalue weighted by Gasteiger charge is 2.31. The van der Waals surface area contributed by atoms with E-state index < -0.39 is 12.2 Å². The van der Waals surface area contributed by atoms with Crippen molar-refractivity contribution in [3.05, 3.63) is 47.6 Å². The van der Waals surface area contributed by atoms with Gasteiger partial charge in [-0.2, -0.15) is 0 Å². The quantitative estimate of drug-likeness (QED) is 0.129. The van der Waals surface area contributed by atoms with E-state index in [9.17, 15) is 14.7 Å². The lowest BCUT2D eigenvalue weighted by atomic mass is 9.80. The molecule has 1 fully saturated rings. The van der Waals surface area contributed by atoms with E-state index in [0.29, 0.717) is 36.4 Å². The van der Waals surface area contributed by atoms with Crippen molar-refractivity contribution in [2.45, 2.75) is 124 Å². The van der Waals surface area contributed by atoms with Crippen molar-refractivity contribution in [3.8, 4) is 0 Å². The topological polar surface area (TPSA) is 72.8 Å². The van der Waals surface area contributed by atoms with Crippen LogP contribution in [0.3, 0.4) is 0 Å². The fraction of sp³-hybridized carbons (Fsp3) is 0.714. The van der Waals surface area contributed by atoms with Crippen molar-refractivity contribution in [1.29, 1.82) is 0 Å². The molecule has 1 saturated carbocycles. The third-order valence-electron chi connectivity index (χ3n) is 8.47. The first-order valence-electron chi connectivity index (χ1n) is 15.5. The second-order valence-electron chi connectivity index (χ2n) is 12.2. The second-order valence-corrected chi connectivity index (χ2v) is 12.2. The zero-order valence-corrected chi connectivity index (χ0v) is 26.7. The Labute approximate surface area is 245 Å². The Hall–Kier alpha value is -1.82. The summed E-state index contributed by atoms with van der Waals surface area (Å²) in [6.45, 7) is 12.2. The maximum atomic E-state index is 13.1. The minimum atomic E-state index is -1.06. The lowest BCUT2D eigenvalue weighted by Gasteiger charge is -2.29. The van der Waals surface area contributed by atoms with Crippen LogP contribution in [0.5, 0.6) is 0 Å². The number of rotatable bonds is 19. The third kappa shape index (κ3) is 14.2. The number of Topliss-reactive ketones (excluding diaryl/α,β-unsaturated/α-hetero) is 2. The number of aliphatic hydroxyl groups is 1. The molecule has 0 heterocycles. The van der Waals surface area contributed by atoms with Gasteiger partial charge in [0.05, 0.1) is 6.10 Å². The van der Waals surface area contributed by atoms with Crippen molar-refractivity contribution in [2.24, 2.45) is 23.7 Å². The molecule has 0 aromatic rings. The molecule has 1 N–H and O–H groups in total. The number of methoxy groups -OCH3 is 2. The number of carbonyl (C=O) groups excluding carboxylic acids is 2. The van der Waals surface area contributed by atoms with Crippen molar-refractivity contribution >= 4 is 11.6 Å². The SMILES string of the molecule is CC/C(C)=C/C=C/C=C/[C@@H](C)CC(C)C(=O)[C@H](OC)C(O)/C(C)=C/CC(=O)CCC(C)CC1CCCC(OC)C1. The molecule has 1 rings (SSSR count). The van der Waals surface area contributed by atoms with Crippen LogP contribution in [0.15, 0.2) is 47.6 Å². The average molecular weight is 559 g/mol. The smallest absolute Gasteiger partial charge is 0.167 e. The number of ether oxygens (including phenoxy) is 2. The normalized spacial score (nSPS) is 22.8. The van der Waals surface area contributed by atoms with Crippen LogP contribution >= 0.6 is 0 Å². The van der Waals surface area contributed by atoms with E-state index in [0.717, 1.165) is 32.1 Å². The van der Waals surface area contributed by atoms with Gasteiger partial charge in [-0.25, -0.2) is 0 Å². The number of ketones is 2. The zero-order chi connectivity index (χ0) is 30.1. The molecular weight excluding hydrogens is 500 g/mol. The molecular formula is C35H58O5. The fourth-order valence-electron chi connectivity index (χ4n) is 5.59. The molecule has 0 bridgehead atoms. The predicted molar refractivity (Wildman–Crippen MR) is 166 cm³/mol. The predicted octanol–water partition coefficient (Wildman–Crippen LogP) is 7.98. The molecule has 0 aliphatic heterocycles. The van der Waals surface area contributed by atoms with Gasteiger partial charge in [-0.15, -0.1) is 0 Å². The van der Waals surface area contributed by atoms with Gasteiger partial charge in [0.2, 0.25) is 0 Å². The minimum Gasteiger partial charge on any atom is -0.386 e. The number of carbonyl (C=O) groups is 2. The fourth-order valence-corrected chi connectivity index (χ4v) is 5.59. The van der Waals surface area contributed by atoms with Gasteiger partial charge in [0, 0.05) is 33.0 Å². The highest BCUT2D eigenvalue weighted by atomic mass is 16.5. The van der Waals surface area contributed by atoms with Gasteiger partial charge in [0.15, 0.2) is 5.78 Å². The molecule has 40 heavy (non-hydrogen) atoms. The summed E-state index contributed by atoms with van der Waals surface area (Å²) in [4.78, 5) is 25.7. The van der Waals surface area contributed by atoms with E-state index in [2.05, 4.69) is 39.8 Å². The van der Waals surface area contributed by atoms with Crippen LogP contribution < -0.4 is 0 Å². The maximum Gasteiger partial charge on any atom is 0.167 e. The molecule has 0 amide bonds. The molecule has 5 nitrogen and oxygen atoms in total. The average Bonchev–Trinajstić information content (AvgIpc) is 2.94. The van der Waals surface area contributed by atoms with Gasteiger partial charge in [0.1, 0.15) is 18.0 Å². The Morgan fingerprint density at radius 2 is 1.77 bits per heavy atom. The molecule has 1 aliphatic rings. The van der Waals surface area contributed by atoms with Gasteiger partial charge in [-0.05, 0) is 75.7 Å². The van der Waals surface area contributed by atoms with Crippen LogP contribution in [0.25, 0.3) is 0 Å². The van der Waals surface area contributed by atoms with E-state index in [1.807, 2.05) is 25.2 Å². The van der Waals surface area contributed by atoms with Gasteiger partial charge in [-0.1, -0.05) is 82.6 Å². The van der Waals surface area contributed by atoms with Crippen molar-refractivity contribution in [2.75, 3.05) is 14.2 Å². The summed E-state index contributed by atoms with van der Waals surface area (Å²) >= 11 is 0. The molecule has 0 aromatic heterocycles. The number of aliphatic hydroxyl groups excluding tert-OH is 1. The number of hydrogen-bond donors (Lipinski definition) is 1. The Morgan fingerprint density at radius 3 is 2.42 bits per heavy atom. The molecule has 5 heteroatoms. The first-order chi connectivity index (χ1) is 19.0. The highest BCUT2D eigenvalue weighted by Crippen LogP contribution is 2.32.